The van der Waals surface area contributed by atoms with Crippen molar-refractivity contribution in [1.82, 2.24) is 15.2 Å². The smallest absolute Gasteiger partial charge is 0.123 e. The third-order valence-corrected chi connectivity index (χ3v) is 2.80. The summed E-state index contributed by atoms with van der Waals surface area (Å²) in [6, 6.07) is 7.28. The number of fused-ring (bicyclic) bond motifs is 1. The molecule has 2 aromatic heterocycles. The van der Waals surface area contributed by atoms with Gasteiger partial charge in [0.25, 0.3) is 0 Å². The first-order valence-corrected chi connectivity index (χ1v) is 6.37. The van der Waals surface area contributed by atoms with Crippen LogP contribution < -0.4 is 11.2 Å². The summed E-state index contributed by atoms with van der Waals surface area (Å²) in [6.07, 6.45) is 3.39. The van der Waals surface area contributed by atoms with Gasteiger partial charge in [0.1, 0.15) is 5.82 Å². The van der Waals surface area contributed by atoms with Crippen LogP contribution in [0.1, 0.15) is 13.8 Å². The van der Waals surface area contributed by atoms with Crippen LogP contribution in [0.15, 0.2) is 36.7 Å². The lowest BCUT2D eigenvalue weighted by Gasteiger charge is -2.08. The van der Waals surface area contributed by atoms with E-state index in [-0.39, 0.29) is 0 Å². The standard InChI is InChI=1S/C12H11N5O.C2H6/c13-12-2-1-7(5-14-12)9-3-8-6-15-16-10(8)4-11(9)17-18;1-2/h1-6,17-18H,(H2,13,14)(H,15,16);1-2H3. The largest absolute Gasteiger partial charge is 0.384 e. The zero-order valence-corrected chi connectivity index (χ0v) is 11.4. The number of benzene rings is 1. The number of hydrogen-bond acceptors (Lipinski definition) is 5. The van der Waals surface area contributed by atoms with Gasteiger partial charge in [0, 0.05) is 22.7 Å². The van der Waals surface area contributed by atoms with Crippen molar-refractivity contribution in [3.63, 3.8) is 0 Å². The molecule has 0 unspecified atom stereocenters. The van der Waals surface area contributed by atoms with Gasteiger partial charge in [-0.1, -0.05) is 13.8 Å². The molecule has 1 aromatic carbocycles. The van der Waals surface area contributed by atoms with Gasteiger partial charge in [0.05, 0.1) is 17.4 Å². The van der Waals surface area contributed by atoms with Gasteiger partial charge in [0.2, 0.25) is 0 Å². The van der Waals surface area contributed by atoms with E-state index in [1.807, 2.05) is 26.0 Å². The number of H-pyrrole nitrogens is 1. The highest BCUT2D eigenvalue weighted by molar-refractivity contribution is 5.91. The molecule has 0 aliphatic carbocycles. The van der Waals surface area contributed by atoms with Crippen LogP contribution in [0.3, 0.4) is 0 Å². The second-order valence-corrected chi connectivity index (χ2v) is 3.94. The molecule has 0 saturated carbocycles. The fourth-order valence-electron chi connectivity index (χ4n) is 1.89. The van der Waals surface area contributed by atoms with Gasteiger partial charge in [-0.15, -0.1) is 0 Å². The summed E-state index contributed by atoms with van der Waals surface area (Å²) in [5, 5.41) is 17.0. The highest BCUT2D eigenvalue weighted by Gasteiger charge is 2.08. The fraction of sp³-hybridized carbons (Fsp3) is 0.143. The summed E-state index contributed by atoms with van der Waals surface area (Å²) < 4.78 is 0. The molecule has 6 heteroatoms. The first-order chi connectivity index (χ1) is 9.78. The Morgan fingerprint density at radius 2 is 2.00 bits per heavy atom. The normalized spacial score (nSPS) is 9.95. The summed E-state index contributed by atoms with van der Waals surface area (Å²) in [5.41, 5.74) is 10.9. The third kappa shape index (κ3) is 2.55. The number of nitrogens with one attached hydrogen (secondary N) is 2. The zero-order valence-electron chi connectivity index (χ0n) is 11.4. The minimum atomic E-state index is 0.460. The number of nitrogens with two attached hydrogens (primary N) is 1. The number of aromatic amines is 1. The first-order valence-electron chi connectivity index (χ1n) is 6.37. The molecule has 0 spiro atoms. The van der Waals surface area contributed by atoms with Crippen molar-refractivity contribution in [1.29, 1.82) is 0 Å². The average Bonchev–Trinajstić information content (AvgIpc) is 2.96. The van der Waals surface area contributed by atoms with E-state index in [1.54, 1.807) is 24.5 Å². The molecule has 2 heterocycles. The molecule has 0 atom stereocenters. The lowest BCUT2D eigenvalue weighted by molar-refractivity contribution is 0.389. The lowest BCUT2D eigenvalue weighted by Crippen LogP contribution is -1.94. The summed E-state index contributed by atoms with van der Waals surface area (Å²) in [4.78, 5) is 4.04. The molecule has 5 N–H and O–H groups in total. The molecule has 0 saturated heterocycles. The van der Waals surface area contributed by atoms with E-state index in [0.29, 0.717) is 11.5 Å². The van der Waals surface area contributed by atoms with Crippen molar-refractivity contribution in [2.24, 2.45) is 0 Å². The number of aromatic nitrogens is 3. The number of rotatable bonds is 2. The highest BCUT2D eigenvalue weighted by atomic mass is 16.5. The van der Waals surface area contributed by atoms with E-state index in [1.165, 1.54) is 0 Å². The van der Waals surface area contributed by atoms with Crippen molar-refractivity contribution >= 4 is 22.4 Å². The Morgan fingerprint density at radius 3 is 2.65 bits per heavy atom. The molecule has 6 nitrogen and oxygen atoms in total. The molecule has 104 valence electrons. The quantitative estimate of drug-likeness (QED) is 0.537. The molecule has 3 rings (SSSR count). The van der Waals surface area contributed by atoms with Crippen molar-refractivity contribution in [2.45, 2.75) is 13.8 Å². The van der Waals surface area contributed by atoms with Crippen molar-refractivity contribution in [2.75, 3.05) is 11.2 Å². The number of hydrogen-bond donors (Lipinski definition) is 4. The fourth-order valence-corrected chi connectivity index (χ4v) is 1.89. The van der Waals surface area contributed by atoms with Gasteiger partial charge >= 0.3 is 0 Å². The molecule has 20 heavy (non-hydrogen) atoms. The van der Waals surface area contributed by atoms with Gasteiger partial charge in [-0.05, 0) is 24.3 Å². The van der Waals surface area contributed by atoms with Crippen LogP contribution in [0, 0.1) is 0 Å². The topological polar surface area (TPSA) is 99.8 Å². The van der Waals surface area contributed by atoms with Gasteiger partial charge in [0.15, 0.2) is 0 Å². The highest BCUT2D eigenvalue weighted by Crippen LogP contribution is 2.31. The predicted octanol–water partition coefficient (Wildman–Crippen LogP) is 3.03. The molecule has 0 aliphatic heterocycles. The van der Waals surface area contributed by atoms with Crippen molar-refractivity contribution in [3.8, 4) is 11.1 Å². The second kappa shape index (κ2) is 6.03. The van der Waals surface area contributed by atoms with E-state index in [0.717, 1.165) is 22.0 Å². The van der Waals surface area contributed by atoms with Crippen molar-refractivity contribution < 1.29 is 5.21 Å². The maximum atomic E-state index is 9.20. The maximum absolute atomic E-state index is 9.20. The third-order valence-electron chi connectivity index (χ3n) is 2.80. The van der Waals surface area contributed by atoms with E-state index in [9.17, 15) is 5.21 Å². The van der Waals surface area contributed by atoms with Gasteiger partial charge < -0.3 is 5.73 Å². The van der Waals surface area contributed by atoms with Crippen LogP contribution in [0.4, 0.5) is 11.5 Å². The van der Waals surface area contributed by atoms with Gasteiger partial charge in [-0.3, -0.25) is 15.8 Å². The van der Waals surface area contributed by atoms with E-state index in [4.69, 9.17) is 5.73 Å². The molecular weight excluding hydrogens is 254 g/mol. The Kier molecular flexibility index (Phi) is 4.17. The van der Waals surface area contributed by atoms with Crippen LogP contribution in [0.2, 0.25) is 0 Å². The molecule has 0 radical (unpaired) electrons. The van der Waals surface area contributed by atoms with Crippen LogP contribution in [0.5, 0.6) is 0 Å². The molecule has 0 aliphatic rings. The summed E-state index contributed by atoms with van der Waals surface area (Å²) in [5.74, 6) is 0.460. The minimum absolute atomic E-state index is 0.460. The van der Waals surface area contributed by atoms with E-state index < -0.39 is 0 Å². The molecule has 0 amide bonds. The number of pyridine rings is 1. The predicted molar refractivity (Wildman–Crippen MR) is 80.5 cm³/mol. The monoisotopic (exact) mass is 271 g/mol. The SMILES string of the molecule is CC.Nc1ccc(-c2cc3cn[nH]c3cc2NO)cn1. The minimum Gasteiger partial charge on any atom is -0.384 e. The summed E-state index contributed by atoms with van der Waals surface area (Å²) in [6.45, 7) is 4.00. The Balaban J connectivity index is 0.000000704. The van der Waals surface area contributed by atoms with Crippen LogP contribution >= 0.6 is 0 Å². The molecular formula is C14H17N5O. The van der Waals surface area contributed by atoms with E-state index in [2.05, 4.69) is 20.7 Å². The first kappa shape index (κ1) is 13.8. The van der Waals surface area contributed by atoms with E-state index >= 15 is 0 Å². The Bertz CT molecular complexity index is 690. The van der Waals surface area contributed by atoms with Gasteiger partial charge in [-0.2, -0.15) is 5.10 Å². The summed E-state index contributed by atoms with van der Waals surface area (Å²) in [7, 11) is 0. The molecule has 0 bridgehead atoms. The second-order valence-electron chi connectivity index (χ2n) is 3.94. The zero-order chi connectivity index (χ0) is 14.5. The number of nitrogen functional groups attached to an aromatic ring is 1. The molecule has 0 fully saturated rings. The Morgan fingerprint density at radius 1 is 1.20 bits per heavy atom. The van der Waals surface area contributed by atoms with Crippen LogP contribution in [0.25, 0.3) is 22.0 Å². The Labute approximate surface area is 116 Å². The average molecular weight is 271 g/mol. The Hall–Kier alpha value is -2.60. The number of nitrogens with zero attached hydrogens (tertiary/aromatic N) is 2. The van der Waals surface area contributed by atoms with Crippen molar-refractivity contribution in [3.05, 3.63) is 36.7 Å². The summed E-state index contributed by atoms with van der Waals surface area (Å²) >= 11 is 0. The number of anilines is 2. The van der Waals surface area contributed by atoms with Crippen LogP contribution in [-0.2, 0) is 0 Å². The molecule has 3 aromatic rings. The lowest BCUT2D eigenvalue weighted by atomic mass is 10.0. The van der Waals surface area contributed by atoms with Gasteiger partial charge in [-0.25, -0.2) is 4.98 Å². The van der Waals surface area contributed by atoms with Crippen LogP contribution in [-0.4, -0.2) is 20.4 Å². The maximum Gasteiger partial charge on any atom is 0.123 e.